The summed E-state index contributed by atoms with van der Waals surface area (Å²) in [6.07, 6.45) is 0. The molecule has 1 amide bonds. The fourth-order valence-corrected chi connectivity index (χ4v) is 3.95. The highest BCUT2D eigenvalue weighted by Crippen LogP contribution is 2.29. The number of carbonyl (C=O) groups is 1. The molecule has 2 N–H and O–H groups in total. The van der Waals surface area contributed by atoms with Crippen molar-refractivity contribution >= 4 is 51.0 Å². The van der Waals surface area contributed by atoms with Crippen molar-refractivity contribution in [2.45, 2.75) is 20.8 Å². The van der Waals surface area contributed by atoms with Gasteiger partial charge in [-0.2, -0.15) is 0 Å². The molecule has 5 rings (SSSR count). The summed E-state index contributed by atoms with van der Waals surface area (Å²) in [7, 11) is 0. The quantitative estimate of drug-likeness (QED) is 0.311. The first-order valence-electron chi connectivity index (χ1n) is 10.5. The number of aryl methyl sites for hydroxylation is 3. The summed E-state index contributed by atoms with van der Waals surface area (Å²) in [5.74, 6) is 0.364. The number of para-hydroxylation sites is 1. The van der Waals surface area contributed by atoms with Gasteiger partial charge in [-0.05, 0) is 74.4 Å². The van der Waals surface area contributed by atoms with Crippen molar-refractivity contribution in [2.24, 2.45) is 0 Å². The van der Waals surface area contributed by atoms with Crippen LogP contribution in [0.15, 0.2) is 69.5 Å². The van der Waals surface area contributed by atoms with Gasteiger partial charge in [-0.25, -0.2) is 4.98 Å². The second-order valence-corrected chi connectivity index (χ2v) is 8.39. The largest absolute Gasteiger partial charge is 0.451 e. The summed E-state index contributed by atoms with van der Waals surface area (Å²) in [5.41, 5.74) is 6.60. The molecule has 5 aromatic rings. The minimum Gasteiger partial charge on any atom is -0.451 e. The minimum absolute atomic E-state index is 0.174. The Morgan fingerprint density at radius 2 is 1.76 bits per heavy atom. The van der Waals surface area contributed by atoms with E-state index in [9.17, 15) is 4.79 Å². The molecule has 3 aromatic carbocycles. The number of oxazole rings is 1. The van der Waals surface area contributed by atoms with Crippen molar-refractivity contribution in [3.63, 3.8) is 0 Å². The zero-order valence-electron chi connectivity index (χ0n) is 18.4. The van der Waals surface area contributed by atoms with Crippen LogP contribution in [0.2, 0.25) is 0 Å². The molecule has 0 aliphatic heterocycles. The van der Waals surface area contributed by atoms with Gasteiger partial charge >= 0.3 is 0 Å². The van der Waals surface area contributed by atoms with Crippen molar-refractivity contribution < 1.29 is 13.6 Å². The van der Waals surface area contributed by atoms with Gasteiger partial charge in [0.2, 0.25) is 5.89 Å². The fraction of sp³-hybridized carbons (Fsp3) is 0.115. The Bertz CT molecular complexity index is 1550. The summed E-state index contributed by atoms with van der Waals surface area (Å²) in [6.45, 7) is 5.82. The molecule has 0 saturated heterocycles. The van der Waals surface area contributed by atoms with Crippen molar-refractivity contribution in [3.8, 4) is 11.5 Å². The normalized spacial score (nSPS) is 11.1. The topological polar surface area (TPSA) is 80.3 Å². The first-order chi connectivity index (χ1) is 15.9. The Morgan fingerprint density at radius 3 is 2.58 bits per heavy atom. The van der Waals surface area contributed by atoms with Gasteiger partial charge in [-0.15, -0.1) is 0 Å². The van der Waals surface area contributed by atoms with Gasteiger partial charge in [-0.3, -0.25) is 10.1 Å². The second-order valence-electron chi connectivity index (χ2n) is 7.98. The molecule has 0 unspecified atom stereocenters. The van der Waals surface area contributed by atoms with E-state index >= 15 is 0 Å². The third kappa shape index (κ3) is 3.99. The van der Waals surface area contributed by atoms with Gasteiger partial charge in [0.05, 0.1) is 0 Å². The maximum Gasteiger partial charge on any atom is 0.293 e. The summed E-state index contributed by atoms with van der Waals surface area (Å²) >= 11 is 5.40. The number of fused-ring (bicyclic) bond motifs is 2. The Balaban J connectivity index is 1.36. The summed E-state index contributed by atoms with van der Waals surface area (Å²) in [6, 6.07) is 19.2. The Kier molecular flexibility index (Phi) is 5.18. The maximum atomic E-state index is 12.8. The van der Waals surface area contributed by atoms with Gasteiger partial charge in [-0.1, -0.05) is 30.3 Å². The van der Waals surface area contributed by atoms with Crippen molar-refractivity contribution in [1.82, 2.24) is 10.3 Å². The number of thiocarbonyl (C=S) groups is 1. The van der Waals surface area contributed by atoms with Crippen molar-refractivity contribution in [2.75, 3.05) is 5.32 Å². The van der Waals surface area contributed by atoms with Crippen molar-refractivity contribution in [1.29, 1.82) is 0 Å². The number of rotatable bonds is 3. The number of anilines is 1. The lowest BCUT2D eigenvalue weighted by molar-refractivity contribution is 0.0952. The summed E-state index contributed by atoms with van der Waals surface area (Å²) in [4.78, 5) is 17.4. The lowest BCUT2D eigenvalue weighted by Gasteiger charge is -2.12. The number of amides is 1. The van der Waals surface area contributed by atoms with E-state index in [1.165, 1.54) is 0 Å². The predicted molar refractivity (Wildman–Crippen MR) is 134 cm³/mol. The number of nitrogens with zero attached hydrogens (tertiary/aromatic N) is 1. The van der Waals surface area contributed by atoms with Crippen LogP contribution < -0.4 is 10.6 Å². The number of furan rings is 1. The van der Waals surface area contributed by atoms with E-state index in [1.807, 2.05) is 81.4 Å². The van der Waals surface area contributed by atoms with E-state index in [4.69, 9.17) is 21.1 Å². The van der Waals surface area contributed by atoms with E-state index in [0.29, 0.717) is 11.5 Å². The highest BCUT2D eigenvalue weighted by molar-refractivity contribution is 7.80. The maximum absolute atomic E-state index is 12.8. The standard InChI is InChI=1S/C26H21N3O3S/c1-14-8-11-19-22(12-14)32-25(27-19)17-10-9-15(2)20(13-17)28-26(33)29-24(30)23-16(3)18-6-4-5-7-21(18)31-23/h4-13H,1-3H3,(H2,28,29,30,33). The van der Waals surface area contributed by atoms with Crippen LogP contribution in [0.1, 0.15) is 27.2 Å². The monoisotopic (exact) mass is 455 g/mol. The predicted octanol–water partition coefficient (Wildman–Crippen LogP) is 6.29. The SMILES string of the molecule is Cc1ccc2nc(-c3ccc(C)c(NC(=S)NC(=O)c4oc5ccccc5c4C)c3)oc2c1. The van der Waals surface area contributed by atoms with Gasteiger partial charge in [0.15, 0.2) is 16.5 Å². The van der Waals surface area contributed by atoms with E-state index in [1.54, 1.807) is 0 Å². The molecule has 0 bridgehead atoms. The van der Waals surface area contributed by atoms with Crippen LogP contribution in [0, 0.1) is 20.8 Å². The molecule has 0 radical (unpaired) electrons. The Labute approximate surface area is 195 Å². The van der Waals surface area contributed by atoms with Crippen LogP contribution in [0.4, 0.5) is 5.69 Å². The van der Waals surface area contributed by atoms with Crippen LogP contribution in [0.3, 0.4) is 0 Å². The molecule has 33 heavy (non-hydrogen) atoms. The average molecular weight is 456 g/mol. The number of benzene rings is 3. The molecule has 0 fully saturated rings. The number of aromatic nitrogens is 1. The molecule has 0 aliphatic carbocycles. The molecule has 2 aromatic heterocycles. The van der Waals surface area contributed by atoms with Crippen LogP contribution in [-0.2, 0) is 0 Å². The van der Waals surface area contributed by atoms with Crippen LogP contribution in [0.5, 0.6) is 0 Å². The van der Waals surface area contributed by atoms with Crippen molar-refractivity contribution in [3.05, 3.63) is 83.1 Å². The molecule has 0 spiro atoms. The Hall–Kier alpha value is -3.97. The second kappa shape index (κ2) is 8.18. The molecule has 0 aliphatic rings. The molecule has 0 atom stereocenters. The zero-order valence-corrected chi connectivity index (χ0v) is 19.2. The van der Waals surface area contributed by atoms with E-state index < -0.39 is 5.91 Å². The molecule has 7 heteroatoms. The fourth-order valence-electron chi connectivity index (χ4n) is 3.75. The first-order valence-corrected chi connectivity index (χ1v) is 10.9. The third-order valence-electron chi connectivity index (χ3n) is 5.55. The number of nitrogens with one attached hydrogen (secondary N) is 2. The third-order valence-corrected chi connectivity index (χ3v) is 5.76. The highest BCUT2D eigenvalue weighted by Gasteiger charge is 2.19. The molecular formula is C26H21N3O3S. The minimum atomic E-state index is -0.399. The van der Waals surface area contributed by atoms with Crippen LogP contribution in [-0.4, -0.2) is 16.0 Å². The number of hydrogen-bond donors (Lipinski definition) is 2. The van der Waals surface area contributed by atoms with E-state index in [2.05, 4.69) is 15.6 Å². The van der Waals surface area contributed by atoms with Gasteiger partial charge in [0.25, 0.3) is 5.91 Å². The summed E-state index contributed by atoms with van der Waals surface area (Å²) < 4.78 is 11.7. The molecular weight excluding hydrogens is 434 g/mol. The van der Waals surface area contributed by atoms with Gasteiger partial charge in [0.1, 0.15) is 11.1 Å². The zero-order chi connectivity index (χ0) is 23.1. The van der Waals surface area contributed by atoms with Gasteiger partial charge < -0.3 is 14.2 Å². The average Bonchev–Trinajstić information content (AvgIpc) is 3.36. The highest BCUT2D eigenvalue weighted by atomic mass is 32.1. The van der Waals surface area contributed by atoms with Crippen LogP contribution >= 0.6 is 12.2 Å². The molecule has 6 nitrogen and oxygen atoms in total. The van der Waals surface area contributed by atoms with Gasteiger partial charge in [0, 0.05) is 22.2 Å². The number of hydrogen-bond acceptors (Lipinski definition) is 5. The lowest BCUT2D eigenvalue weighted by Crippen LogP contribution is -2.34. The number of carbonyl (C=O) groups excluding carboxylic acids is 1. The molecule has 2 heterocycles. The summed E-state index contributed by atoms with van der Waals surface area (Å²) in [5, 5.41) is 6.89. The Morgan fingerprint density at radius 1 is 0.939 bits per heavy atom. The van der Waals surface area contributed by atoms with E-state index in [-0.39, 0.29) is 10.9 Å². The van der Waals surface area contributed by atoms with Crippen LogP contribution in [0.25, 0.3) is 33.5 Å². The lowest BCUT2D eigenvalue weighted by atomic mass is 10.1. The van der Waals surface area contributed by atoms with E-state index in [0.717, 1.165) is 44.4 Å². The molecule has 164 valence electrons. The molecule has 0 saturated carbocycles. The smallest absolute Gasteiger partial charge is 0.293 e. The first kappa shape index (κ1) is 20.9.